The largest absolute Gasteiger partial charge is 0.417 e. The van der Waals surface area contributed by atoms with E-state index < -0.39 is 38.2 Å². The van der Waals surface area contributed by atoms with Crippen LogP contribution in [-0.2, 0) is 22.2 Å². The molecule has 0 heterocycles. The highest BCUT2D eigenvalue weighted by Gasteiger charge is 2.39. The third kappa shape index (κ3) is 3.15. The maximum atomic E-state index is 12.5. The summed E-state index contributed by atoms with van der Waals surface area (Å²) < 4.78 is 96.5. The van der Waals surface area contributed by atoms with E-state index in [1.54, 1.807) is 0 Å². The topological polar surface area (TPSA) is 34.1 Å². The molecule has 0 aliphatic heterocycles. The molecule has 1 rings (SSSR count). The smallest absolute Gasteiger partial charge is 0.224 e. The van der Waals surface area contributed by atoms with Crippen molar-refractivity contribution in [2.45, 2.75) is 17.2 Å². The van der Waals surface area contributed by atoms with Crippen LogP contribution in [0.5, 0.6) is 0 Å². The molecule has 0 radical (unpaired) electrons. The van der Waals surface area contributed by atoms with E-state index in [0.717, 1.165) is 0 Å². The second-order valence-corrected chi connectivity index (χ2v) is 5.46. The zero-order valence-electron chi connectivity index (χ0n) is 8.72. The Morgan fingerprint density at radius 3 is 1.78 bits per heavy atom. The van der Waals surface area contributed by atoms with Crippen LogP contribution in [-0.4, -0.2) is 14.7 Å². The van der Waals surface area contributed by atoms with E-state index in [1.165, 1.54) is 0 Å². The van der Waals surface area contributed by atoms with Gasteiger partial charge in [-0.2, -0.15) is 26.3 Å². The molecule has 1 aromatic carbocycles. The standard InChI is InChI=1S/C9H6F6O2S/c1-18(16,17)7-3-2-5(8(10,11)12)4-6(7)9(13,14)15/h2-4H,1H3. The molecule has 0 aliphatic carbocycles. The van der Waals surface area contributed by atoms with Crippen molar-refractivity contribution in [1.29, 1.82) is 0 Å². The van der Waals surface area contributed by atoms with Crippen LogP contribution >= 0.6 is 0 Å². The first-order valence-electron chi connectivity index (χ1n) is 4.32. The van der Waals surface area contributed by atoms with Crippen molar-refractivity contribution in [2.24, 2.45) is 0 Å². The molecule has 0 aliphatic rings. The number of rotatable bonds is 1. The number of alkyl halides is 6. The van der Waals surface area contributed by atoms with Gasteiger partial charge in [0.2, 0.25) is 0 Å². The summed E-state index contributed by atoms with van der Waals surface area (Å²) in [4.78, 5) is -1.18. The van der Waals surface area contributed by atoms with Gasteiger partial charge in [0.15, 0.2) is 9.84 Å². The van der Waals surface area contributed by atoms with Crippen molar-refractivity contribution in [3.63, 3.8) is 0 Å². The van der Waals surface area contributed by atoms with Crippen LogP contribution in [0.3, 0.4) is 0 Å². The van der Waals surface area contributed by atoms with Gasteiger partial charge in [0.05, 0.1) is 16.0 Å². The fraction of sp³-hybridized carbons (Fsp3) is 0.333. The van der Waals surface area contributed by atoms with Gasteiger partial charge in [-0.15, -0.1) is 0 Å². The maximum absolute atomic E-state index is 12.5. The lowest BCUT2D eigenvalue weighted by atomic mass is 10.1. The van der Waals surface area contributed by atoms with Crippen LogP contribution in [0.2, 0.25) is 0 Å². The normalized spacial score (nSPS) is 13.7. The molecule has 1 aromatic rings. The summed E-state index contributed by atoms with van der Waals surface area (Å²) in [6.07, 6.45) is -9.67. The molecule has 0 spiro atoms. The molecule has 0 saturated carbocycles. The molecule has 18 heavy (non-hydrogen) atoms. The van der Waals surface area contributed by atoms with Gasteiger partial charge < -0.3 is 0 Å². The Labute approximate surface area is 98.1 Å². The molecular formula is C9H6F6O2S. The molecule has 0 N–H and O–H groups in total. The number of sulfone groups is 1. The van der Waals surface area contributed by atoms with Crippen LogP contribution in [0, 0.1) is 0 Å². The summed E-state index contributed by atoms with van der Waals surface area (Å²) in [6, 6.07) is 0.392. The summed E-state index contributed by atoms with van der Waals surface area (Å²) in [5, 5.41) is 0. The molecule has 0 fully saturated rings. The second-order valence-electron chi connectivity index (χ2n) is 3.48. The molecule has 102 valence electrons. The minimum atomic E-state index is -5.18. The minimum Gasteiger partial charge on any atom is -0.224 e. The van der Waals surface area contributed by atoms with E-state index in [-0.39, 0.29) is 6.07 Å². The third-order valence-electron chi connectivity index (χ3n) is 2.01. The summed E-state index contributed by atoms with van der Waals surface area (Å²) in [6.45, 7) is 0. The summed E-state index contributed by atoms with van der Waals surface area (Å²) in [5.41, 5.74) is -3.37. The van der Waals surface area contributed by atoms with Gasteiger partial charge >= 0.3 is 12.4 Å². The zero-order valence-corrected chi connectivity index (χ0v) is 9.54. The maximum Gasteiger partial charge on any atom is 0.417 e. The first-order valence-corrected chi connectivity index (χ1v) is 6.21. The summed E-state index contributed by atoms with van der Waals surface area (Å²) >= 11 is 0. The van der Waals surface area contributed by atoms with E-state index in [2.05, 4.69) is 0 Å². The van der Waals surface area contributed by atoms with Crippen LogP contribution < -0.4 is 0 Å². The highest BCUT2D eigenvalue weighted by Crippen LogP contribution is 2.38. The van der Waals surface area contributed by atoms with E-state index in [0.29, 0.717) is 18.4 Å². The quantitative estimate of drug-likeness (QED) is 0.745. The Hall–Kier alpha value is -1.25. The fourth-order valence-electron chi connectivity index (χ4n) is 1.25. The molecule has 0 unspecified atom stereocenters. The Bertz CT molecular complexity index is 555. The Balaban J connectivity index is 3.61. The average molecular weight is 292 g/mol. The lowest BCUT2D eigenvalue weighted by molar-refractivity contribution is -0.144. The lowest BCUT2D eigenvalue weighted by Gasteiger charge is -2.14. The van der Waals surface area contributed by atoms with Crippen LogP contribution in [0.25, 0.3) is 0 Å². The molecular weight excluding hydrogens is 286 g/mol. The van der Waals surface area contributed by atoms with E-state index in [9.17, 15) is 34.8 Å². The summed E-state index contributed by atoms with van der Waals surface area (Å²) in [5.74, 6) is 0. The van der Waals surface area contributed by atoms with Crippen molar-refractivity contribution in [1.82, 2.24) is 0 Å². The average Bonchev–Trinajstić information content (AvgIpc) is 2.12. The molecule has 0 saturated heterocycles. The molecule has 9 heteroatoms. The van der Waals surface area contributed by atoms with Crippen molar-refractivity contribution in [3.8, 4) is 0 Å². The monoisotopic (exact) mass is 292 g/mol. The molecule has 0 atom stereocenters. The molecule has 0 amide bonds. The zero-order chi connectivity index (χ0) is 14.4. The first-order chi connectivity index (χ1) is 7.83. The SMILES string of the molecule is CS(=O)(=O)c1ccc(C(F)(F)F)cc1C(F)(F)F. The number of benzene rings is 1. The molecule has 0 bridgehead atoms. The molecule has 0 aromatic heterocycles. The minimum absolute atomic E-state index is 0.212. The highest BCUT2D eigenvalue weighted by atomic mass is 32.2. The molecule has 2 nitrogen and oxygen atoms in total. The first kappa shape index (κ1) is 14.8. The number of hydrogen-bond donors (Lipinski definition) is 0. The van der Waals surface area contributed by atoms with E-state index in [1.807, 2.05) is 0 Å². The van der Waals surface area contributed by atoms with Gasteiger partial charge in [0.1, 0.15) is 0 Å². The van der Waals surface area contributed by atoms with Crippen molar-refractivity contribution in [2.75, 3.05) is 6.26 Å². The lowest BCUT2D eigenvalue weighted by Crippen LogP contribution is -2.15. The van der Waals surface area contributed by atoms with Gasteiger partial charge in [-0.05, 0) is 18.2 Å². The van der Waals surface area contributed by atoms with Crippen LogP contribution in [0.15, 0.2) is 23.1 Å². The summed E-state index contributed by atoms with van der Waals surface area (Å²) in [7, 11) is -4.27. The number of hydrogen-bond acceptors (Lipinski definition) is 2. The number of halogens is 6. The Kier molecular flexibility index (Phi) is 3.41. The predicted octanol–water partition coefficient (Wildman–Crippen LogP) is 3.13. The van der Waals surface area contributed by atoms with Crippen LogP contribution in [0.1, 0.15) is 11.1 Å². The highest BCUT2D eigenvalue weighted by molar-refractivity contribution is 7.90. The van der Waals surface area contributed by atoms with Gasteiger partial charge in [-0.3, -0.25) is 0 Å². The Morgan fingerprint density at radius 1 is 0.944 bits per heavy atom. The third-order valence-corrected chi connectivity index (χ3v) is 3.17. The fourth-order valence-corrected chi connectivity index (χ4v) is 2.14. The Morgan fingerprint density at radius 2 is 1.44 bits per heavy atom. The van der Waals surface area contributed by atoms with Crippen molar-refractivity contribution < 1.29 is 34.8 Å². The van der Waals surface area contributed by atoms with E-state index in [4.69, 9.17) is 0 Å². The van der Waals surface area contributed by atoms with Gasteiger partial charge in [0.25, 0.3) is 0 Å². The van der Waals surface area contributed by atoms with Gasteiger partial charge in [0, 0.05) is 6.26 Å². The van der Waals surface area contributed by atoms with Gasteiger partial charge in [-0.1, -0.05) is 0 Å². The van der Waals surface area contributed by atoms with Crippen LogP contribution in [0.4, 0.5) is 26.3 Å². The van der Waals surface area contributed by atoms with Crippen molar-refractivity contribution in [3.05, 3.63) is 29.3 Å². The second kappa shape index (κ2) is 4.15. The van der Waals surface area contributed by atoms with Crippen molar-refractivity contribution >= 4 is 9.84 Å². The van der Waals surface area contributed by atoms with Gasteiger partial charge in [-0.25, -0.2) is 8.42 Å². The van der Waals surface area contributed by atoms with E-state index >= 15 is 0 Å². The predicted molar refractivity (Wildman–Crippen MR) is 49.6 cm³/mol.